The number of pyridine rings is 1. The first-order chi connectivity index (χ1) is 13.5. The number of sulfonamides is 1. The van der Waals surface area contributed by atoms with Crippen LogP contribution in [0.25, 0.3) is 10.9 Å². The summed E-state index contributed by atoms with van der Waals surface area (Å²) in [5, 5.41) is 2.89. The molecule has 0 bridgehead atoms. The summed E-state index contributed by atoms with van der Waals surface area (Å²) in [6.07, 6.45) is 2.23. The summed E-state index contributed by atoms with van der Waals surface area (Å²) in [6.45, 7) is 4.31. The molecule has 0 saturated heterocycles. The van der Waals surface area contributed by atoms with Gasteiger partial charge in [0.1, 0.15) is 9.90 Å². The highest BCUT2D eigenvalue weighted by atomic mass is 32.2. The van der Waals surface area contributed by atoms with E-state index in [-0.39, 0.29) is 23.7 Å². The van der Waals surface area contributed by atoms with E-state index in [9.17, 15) is 13.2 Å². The zero-order valence-corrected chi connectivity index (χ0v) is 17.3. The monoisotopic (exact) mass is 419 g/mol. The maximum Gasteiger partial charge on any atom is 0.357 e. The number of rotatable bonds is 8. The molecule has 0 spiro atoms. The first-order valence-corrected chi connectivity index (χ1v) is 11.2. The molecule has 148 valence electrons. The van der Waals surface area contributed by atoms with Crippen LogP contribution < -0.4 is 0 Å². The van der Waals surface area contributed by atoms with Gasteiger partial charge in [-0.2, -0.15) is 4.31 Å². The number of para-hydroxylation sites is 1. The lowest BCUT2D eigenvalue weighted by atomic mass is 10.2. The number of nitrogens with zero attached hydrogens (tertiary/aromatic N) is 3. The van der Waals surface area contributed by atoms with Crippen LogP contribution in [-0.2, 0) is 21.3 Å². The van der Waals surface area contributed by atoms with Gasteiger partial charge in [-0.1, -0.05) is 25.1 Å². The molecule has 0 aliphatic carbocycles. The molecule has 9 heteroatoms. The predicted molar refractivity (Wildman–Crippen MR) is 108 cm³/mol. The van der Waals surface area contributed by atoms with Crippen molar-refractivity contribution in [3.05, 3.63) is 52.6 Å². The summed E-state index contributed by atoms with van der Waals surface area (Å²) in [6, 6.07) is 8.72. The van der Waals surface area contributed by atoms with Crippen molar-refractivity contribution in [2.24, 2.45) is 0 Å². The van der Waals surface area contributed by atoms with Gasteiger partial charge in [0, 0.05) is 23.5 Å². The van der Waals surface area contributed by atoms with Crippen LogP contribution in [0.15, 0.2) is 46.8 Å². The van der Waals surface area contributed by atoms with Crippen molar-refractivity contribution in [3.63, 3.8) is 0 Å². The second kappa shape index (κ2) is 8.76. The number of carbonyl (C=O) groups is 1. The van der Waals surface area contributed by atoms with Gasteiger partial charge in [-0.25, -0.2) is 18.2 Å². The molecule has 0 aliphatic rings. The highest BCUT2D eigenvalue weighted by Crippen LogP contribution is 2.26. The maximum absolute atomic E-state index is 13.4. The molecule has 3 aromatic rings. The Morgan fingerprint density at radius 1 is 1.21 bits per heavy atom. The number of carbonyl (C=O) groups excluding carboxylic acids is 1. The third-order valence-electron chi connectivity index (χ3n) is 4.03. The topological polar surface area (TPSA) is 89.5 Å². The molecule has 0 amide bonds. The number of hydrogen-bond donors (Lipinski definition) is 0. The SMILES string of the molecule is CCCN(Cc1nc(C(=O)OCC)cs1)S(=O)(=O)c1cccc2cccnc12. The van der Waals surface area contributed by atoms with E-state index in [2.05, 4.69) is 9.97 Å². The molecule has 2 heterocycles. The fraction of sp³-hybridized carbons (Fsp3) is 0.316. The van der Waals surface area contributed by atoms with Crippen LogP contribution in [0.2, 0.25) is 0 Å². The Labute approximate surface area is 168 Å². The Morgan fingerprint density at radius 3 is 2.75 bits per heavy atom. The quantitative estimate of drug-likeness (QED) is 0.520. The Hall–Kier alpha value is -2.36. The van der Waals surface area contributed by atoms with E-state index >= 15 is 0 Å². The van der Waals surface area contributed by atoms with Crippen LogP contribution in [0.1, 0.15) is 35.8 Å². The molecular weight excluding hydrogens is 398 g/mol. The van der Waals surface area contributed by atoms with Crippen molar-refractivity contribution >= 4 is 38.2 Å². The van der Waals surface area contributed by atoms with Gasteiger partial charge in [0.2, 0.25) is 10.0 Å². The molecule has 0 radical (unpaired) electrons. The fourth-order valence-corrected chi connectivity index (χ4v) is 5.31. The highest BCUT2D eigenvalue weighted by molar-refractivity contribution is 7.89. The second-order valence-corrected chi connectivity index (χ2v) is 8.87. The van der Waals surface area contributed by atoms with Gasteiger partial charge in [0.25, 0.3) is 0 Å². The number of benzene rings is 1. The van der Waals surface area contributed by atoms with Gasteiger partial charge in [0.15, 0.2) is 5.69 Å². The van der Waals surface area contributed by atoms with Crippen molar-refractivity contribution in [2.75, 3.05) is 13.2 Å². The summed E-state index contributed by atoms with van der Waals surface area (Å²) < 4.78 is 33.0. The lowest BCUT2D eigenvalue weighted by Crippen LogP contribution is -2.31. The molecule has 3 rings (SSSR count). The molecular formula is C19H21N3O4S2. The molecule has 28 heavy (non-hydrogen) atoms. The molecule has 0 aliphatic heterocycles. The van der Waals surface area contributed by atoms with Crippen LogP contribution in [0.3, 0.4) is 0 Å². The number of aromatic nitrogens is 2. The Morgan fingerprint density at radius 2 is 2.00 bits per heavy atom. The number of thiazole rings is 1. The van der Waals surface area contributed by atoms with Crippen molar-refractivity contribution in [1.29, 1.82) is 0 Å². The van der Waals surface area contributed by atoms with Gasteiger partial charge >= 0.3 is 5.97 Å². The van der Waals surface area contributed by atoms with Gasteiger partial charge in [-0.05, 0) is 25.5 Å². The smallest absolute Gasteiger partial charge is 0.357 e. The van der Waals surface area contributed by atoms with Crippen LogP contribution in [0, 0.1) is 0 Å². The Balaban J connectivity index is 1.94. The standard InChI is InChI=1S/C19H21N3O4S2/c1-3-11-22(12-17-21-15(13-27-17)19(23)26-4-2)28(24,25)16-9-5-7-14-8-6-10-20-18(14)16/h5-10,13H,3-4,11-12H2,1-2H3. The fourth-order valence-electron chi connectivity index (χ4n) is 2.79. The normalized spacial score (nSPS) is 11.8. The zero-order chi connectivity index (χ0) is 20.1. The molecule has 2 aromatic heterocycles. The lowest BCUT2D eigenvalue weighted by molar-refractivity contribution is 0.0520. The molecule has 0 unspecified atom stereocenters. The molecule has 0 saturated carbocycles. The van der Waals surface area contributed by atoms with E-state index in [1.165, 1.54) is 15.6 Å². The zero-order valence-electron chi connectivity index (χ0n) is 15.7. The number of fused-ring (bicyclic) bond motifs is 1. The van der Waals surface area contributed by atoms with Crippen molar-refractivity contribution in [1.82, 2.24) is 14.3 Å². The van der Waals surface area contributed by atoms with Crippen molar-refractivity contribution < 1.29 is 17.9 Å². The third kappa shape index (κ3) is 4.21. The van der Waals surface area contributed by atoms with Gasteiger partial charge in [0.05, 0.1) is 18.7 Å². The Bertz CT molecular complexity index is 1070. The summed E-state index contributed by atoms with van der Waals surface area (Å²) in [4.78, 5) is 20.5. The molecule has 0 fully saturated rings. The van der Waals surface area contributed by atoms with Crippen molar-refractivity contribution in [2.45, 2.75) is 31.7 Å². The molecule has 7 nitrogen and oxygen atoms in total. The third-order valence-corrected chi connectivity index (χ3v) is 6.74. The maximum atomic E-state index is 13.4. The van der Waals surface area contributed by atoms with Gasteiger partial charge in [-0.15, -0.1) is 11.3 Å². The van der Waals surface area contributed by atoms with E-state index in [1.54, 1.807) is 36.7 Å². The highest BCUT2D eigenvalue weighted by Gasteiger charge is 2.27. The minimum absolute atomic E-state index is 0.0868. The average molecular weight is 420 g/mol. The summed E-state index contributed by atoms with van der Waals surface area (Å²) in [5.41, 5.74) is 0.639. The first-order valence-electron chi connectivity index (χ1n) is 8.92. The molecule has 1 aromatic carbocycles. The van der Waals surface area contributed by atoms with E-state index in [4.69, 9.17) is 4.74 Å². The van der Waals surface area contributed by atoms with Gasteiger partial charge in [-0.3, -0.25) is 4.98 Å². The van der Waals surface area contributed by atoms with E-state index in [0.717, 1.165) is 5.39 Å². The van der Waals surface area contributed by atoms with E-state index < -0.39 is 16.0 Å². The minimum Gasteiger partial charge on any atom is -0.461 e. The number of hydrogen-bond acceptors (Lipinski definition) is 7. The van der Waals surface area contributed by atoms with Gasteiger partial charge < -0.3 is 4.74 Å². The number of ether oxygens (including phenoxy) is 1. The van der Waals surface area contributed by atoms with Crippen molar-refractivity contribution in [3.8, 4) is 0 Å². The minimum atomic E-state index is -3.79. The second-order valence-electron chi connectivity index (χ2n) is 6.02. The summed E-state index contributed by atoms with van der Waals surface area (Å²) in [5.74, 6) is -0.506. The summed E-state index contributed by atoms with van der Waals surface area (Å²) >= 11 is 1.24. The van der Waals surface area contributed by atoms with Crippen LogP contribution in [-0.4, -0.2) is 41.8 Å². The number of esters is 1. The van der Waals surface area contributed by atoms with E-state index in [0.29, 0.717) is 23.5 Å². The van der Waals surface area contributed by atoms with Crippen LogP contribution in [0.4, 0.5) is 0 Å². The lowest BCUT2D eigenvalue weighted by Gasteiger charge is -2.21. The molecule has 0 atom stereocenters. The van der Waals surface area contributed by atoms with Crippen LogP contribution in [0.5, 0.6) is 0 Å². The predicted octanol–water partition coefficient (Wildman–Crippen LogP) is 3.47. The van der Waals surface area contributed by atoms with E-state index in [1.807, 2.05) is 19.1 Å². The summed E-state index contributed by atoms with van der Waals surface area (Å²) in [7, 11) is -3.79. The van der Waals surface area contributed by atoms with Crippen LogP contribution >= 0.6 is 11.3 Å². The first kappa shape index (κ1) is 20.4. The molecule has 0 N–H and O–H groups in total. The Kier molecular flexibility index (Phi) is 6.38. The largest absolute Gasteiger partial charge is 0.461 e. The average Bonchev–Trinajstić information content (AvgIpc) is 3.16.